The maximum absolute atomic E-state index is 12.2. The second-order valence-electron chi connectivity index (χ2n) is 6.39. The molecule has 25 heavy (non-hydrogen) atoms. The van der Waals surface area contributed by atoms with E-state index in [2.05, 4.69) is 62.4 Å². The van der Waals surface area contributed by atoms with Gasteiger partial charge in [-0.15, -0.1) is 0 Å². The molecule has 1 aliphatic rings. The predicted molar refractivity (Wildman–Crippen MR) is 103 cm³/mol. The van der Waals surface area contributed by atoms with Gasteiger partial charge in [-0.25, -0.2) is 0 Å². The van der Waals surface area contributed by atoms with Crippen molar-refractivity contribution >= 4 is 17.1 Å². The van der Waals surface area contributed by atoms with Crippen LogP contribution in [0.2, 0.25) is 0 Å². The van der Waals surface area contributed by atoms with Gasteiger partial charge in [0.15, 0.2) is 0 Å². The molecule has 0 aromatic heterocycles. The minimum atomic E-state index is -0.137. The van der Waals surface area contributed by atoms with E-state index in [1.807, 2.05) is 19.1 Å². The van der Waals surface area contributed by atoms with Crippen molar-refractivity contribution in [1.82, 2.24) is 0 Å². The SMILES string of the molecule is CCOC(=O)CC1C(C)=C(C)C(c2ccccc2)=C1c1ccccc1. The van der Waals surface area contributed by atoms with Gasteiger partial charge >= 0.3 is 5.97 Å². The number of carbonyl (C=O) groups excluding carboxylic acids is 1. The van der Waals surface area contributed by atoms with Crippen LogP contribution in [0.4, 0.5) is 0 Å². The Morgan fingerprint density at radius 3 is 2.04 bits per heavy atom. The Morgan fingerprint density at radius 1 is 0.920 bits per heavy atom. The molecule has 0 saturated heterocycles. The number of hydrogen-bond donors (Lipinski definition) is 0. The highest BCUT2D eigenvalue weighted by Gasteiger charge is 2.32. The molecule has 0 fully saturated rings. The fourth-order valence-corrected chi connectivity index (χ4v) is 3.63. The van der Waals surface area contributed by atoms with Gasteiger partial charge in [0.2, 0.25) is 0 Å². The third-order valence-corrected chi connectivity index (χ3v) is 4.93. The van der Waals surface area contributed by atoms with Crippen LogP contribution >= 0.6 is 0 Å². The molecular formula is C23H24O2. The van der Waals surface area contributed by atoms with Crippen LogP contribution in [0.3, 0.4) is 0 Å². The van der Waals surface area contributed by atoms with Gasteiger partial charge in [-0.2, -0.15) is 0 Å². The van der Waals surface area contributed by atoms with E-state index in [9.17, 15) is 4.79 Å². The summed E-state index contributed by atoms with van der Waals surface area (Å²) in [5, 5.41) is 0. The van der Waals surface area contributed by atoms with Crippen LogP contribution in [0.15, 0.2) is 71.8 Å². The second-order valence-corrected chi connectivity index (χ2v) is 6.39. The van der Waals surface area contributed by atoms with Crippen LogP contribution in [0, 0.1) is 5.92 Å². The molecule has 0 saturated carbocycles. The monoisotopic (exact) mass is 332 g/mol. The molecule has 128 valence electrons. The summed E-state index contributed by atoms with van der Waals surface area (Å²) in [7, 11) is 0. The zero-order valence-corrected chi connectivity index (χ0v) is 15.1. The Morgan fingerprint density at radius 2 is 1.48 bits per heavy atom. The van der Waals surface area contributed by atoms with Gasteiger partial charge in [0.1, 0.15) is 0 Å². The molecular weight excluding hydrogens is 308 g/mol. The van der Waals surface area contributed by atoms with Gasteiger partial charge < -0.3 is 4.74 Å². The summed E-state index contributed by atoms with van der Waals surface area (Å²) in [6.07, 6.45) is 0.386. The molecule has 0 aliphatic heterocycles. The highest BCUT2D eigenvalue weighted by molar-refractivity contribution is 6.04. The minimum Gasteiger partial charge on any atom is -0.466 e. The molecule has 0 N–H and O–H groups in total. The van der Waals surface area contributed by atoms with E-state index in [-0.39, 0.29) is 11.9 Å². The van der Waals surface area contributed by atoms with Crippen molar-refractivity contribution in [1.29, 1.82) is 0 Å². The largest absolute Gasteiger partial charge is 0.466 e. The number of hydrogen-bond acceptors (Lipinski definition) is 2. The average molecular weight is 332 g/mol. The Bertz CT molecular complexity index is 814. The Labute approximate surface area is 149 Å². The lowest BCUT2D eigenvalue weighted by molar-refractivity contribution is -0.143. The van der Waals surface area contributed by atoms with Gasteiger partial charge in [0.05, 0.1) is 13.0 Å². The summed E-state index contributed by atoms with van der Waals surface area (Å²) in [4.78, 5) is 12.2. The van der Waals surface area contributed by atoms with Crippen LogP contribution in [-0.4, -0.2) is 12.6 Å². The lowest BCUT2D eigenvalue weighted by atomic mass is 9.86. The number of benzene rings is 2. The third-order valence-electron chi connectivity index (χ3n) is 4.93. The Kier molecular flexibility index (Phi) is 5.18. The van der Waals surface area contributed by atoms with Crippen LogP contribution < -0.4 is 0 Å². The van der Waals surface area contributed by atoms with Crippen molar-refractivity contribution in [3.8, 4) is 0 Å². The standard InChI is InChI=1S/C23H24O2/c1-4-25-21(24)15-20-16(2)17(3)22(18-11-7-5-8-12-18)23(20)19-13-9-6-10-14-19/h5-14,20H,4,15H2,1-3H3. The van der Waals surface area contributed by atoms with Gasteiger partial charge in [-0.1, -0.05) is 66.2 Å². The maximum Gasteiger partial charge on any atom is 0.306 e. The number of ether oxygens (including phenoxy) is 1. The van der Waals surface area contributed by atoms with Crippen molar-refractivity contribution in [3.63, 3.8) is 0 Å². The van der Waals surface area contributed by atoms with Crippen molar-refractivity contribution in [3.05, 3.63) is 82.9 Å². The molecule has 0 amide bonds. The van der Waals surface area contributed by atoms with Gasteiger partial charge in [0.25, 0.3) is 0 Å². The highest BCUT2D eigenvalue weighted by Crippen LogP contribution is 2.48. The summed E-state index contributed by atoms with van der Waals surface area (Å²) >= 11 is 0. The third kappa shape index (κ3) is 3.43. The molecule has 1 atom stereocenters. The molecule has 2 aromatic carbocycles. The van der Waals surface area contributed by atoms with Gasteiger partial charge in [-0.3, -0.25) is 4.79 Å². The molecule has 2 aromatic rings. The van der Waals surface area contributed by atoms with Gasteiger partial charge in [0, 0.05) is 5.92 Å². The first-order chi connectivity index (χ1) is 12.1. The van der Waals surface area contributed by atoms with E-state index in [0.29, 0.717) is 13.0 Å². The summed E-state index contributed by atoms with van der Waals surface area (Å²) in [6, 6.07) is 20.8. The molecule has 1 unspecified atom stereocenters. The highest BCUT2D eigenvalue weighted by atomic mass is 16.5. The van der Waals surface area contributed by atoms with Crippen molar-refractivity contribution < 1.29 is 9.53 Å². The molecule has 0 spiro atoms. The molecule has 1 aliphatic carbocycles. The zero-order chi connectivity index (χ0) is 17.8. The van der Waals surface area contributed by atoms with Crippen molar-refractivity contribution in [2.24, 2.45) is 5.92 Å². The maximum atomic E-state index is 12.2. The molecule has 0 radical (unpaired) electrons. The first-order valence-electron chi connectivity index (χ1n) is 8.81. The normalized spacial score (nSPS) is 17.2. The van der Waals surface area contributed by atoms with E-state index >= 15 is 0 Å². The fourth-order valence-electron chi connectivity index (χ4n) is 3.63. The van der Waals surface area contributed by atoms with Crippen molar-refractivity contribution in [2.45, 2.75) is 27.2 Å². The summed E-state index contributed by atoms with van der Waals surface area (Å²) < 4.78 is 5.23. The summed E-state index contributed by atoms with van der Waals surface area (Å²) in [6.45, 7) is 6.57. The van der Waals surface area contributed by atoms with Crippen LogP contribution in [-0.2, 0) is 9.53 Å². The summed E-state index contributed by atoms with van der Waals surface area (Å²) in [5.74, 6) is -0.0703. The minimum absolute atomic E-state index is 0.0663. The topological polar surface area (TPSA) is 26.3 Å². The average Bonchev–Trinajstić information content (AvgIpc) is 2.88. The number of allylic oxidation sites excluding steroid dienone is 4. The van der Waals surface area contributed by atoms with E-state index in [1.54, 1.807) is 0 Å². The van der Waals surface area contributed by atoms with Crippen molar-refractivity contribution in [2.75, 3.05) is 6.61 Å². The van der Waals surface area contributed by atoms with Crippen LogP contribution in [0.1, 0.15) is 38.3 Å². The zero-order valence-electron chi connectivity index (χ0n) is 15.1. The molecule has 3 rings (SSSR count). The first kappa shape index (κ1) is 17.2. The van der Waals surface area contributed by atoms with E-state index in [1.165, 1.54) is 33.4 Å². The van der Waals surface area contributed by atoms with Crippen LogP contribution in [0.25, 0.3) is 11.1 Å². The molecule has 2 nitrogen and oxygen atoms in total. The first-order valence-corrected chi connectivity index (χ1v) is 8.81. The molecule has 0 bridgehead atoms. The van der Waals surface area contributed by atoms with Gasteiger partial charge in [-0.05, 0) is 48.6 Å². The van der Waals surface area contributed by atoms with E-state index in [0.717, 1.165) is 0 Å². The number of carbonyl (C=O) groups is 1. The Balaban J connectivity index is 2.14. The lowest BCUT2D eigenvalue weighted by Gasteiger charge is -2.18. The number of rotatable bonds is 5. The quantitative estimate of drug-likeness (QED) is 0.674. The van der Waals surface area contributed by atoms with Crippen LogP contribution in [0.5, 0.6) is 0 Å². The number of esters is 1. The lowest BCUT2D eigenvalue weighted by Crippen LogP contribution is -2.13. The fraction of sp³-hybridized carbons (Fsp3) is 0.261. The second kappa shape index (κ2) is 7.52. The predicted octanol–water partition coefficient (Wildman–Crippen LogP) is 5.52. The summed E-state index contributed by atoms with van der Waals surface area (Å²) in [5.41, 5.74) is 7.37. The van der Waals surface area contributed by atoms with E-state index in [4.69, 9.17) is 4.74 Å². The molecule has 0 heterocycles. The molecule has 2 heteroatoms. The van der Waals surface area contributed by atoms with E-state index < -0.39 is 0 Å². The Hall–Kier alpha value is -2.61. The smallest absolute Gasteiger partial charge is 0.306 e.